The van der Waals surface area contributed by atoms with Crippen molar-refractivity contribution in [3.8, 4) is 11.1 Å². The lowest BCUT2D eigenvalue weighted by Gasteiger charge is -2.28. The number of imide groups is 1. The fourth-order valence-corrected chi connectivity index (χ4v) is 5.28. The Morgan fingerprint density at radius 3 is 2.03 bits per heavy atom. The number of carbonyl (C=O) groups excluding carboxylic acids is 2. The van der Waals surface area contributed by atoms with Gasteiger partial charge in [-0.2, -0.15) is 0 Å². The molecule has 0 saturated heterocycles. The molecule has 0 radical (unpaired) electrons. The molecule has 0 fully saturated rings. The van der Waals surface area contributed by atoms with Gasteiger partial charge >= 0.3 is 0 Å². The number of aryl methyl sites for hydroxylation is 1. The van der Waals surface area contributed by atoms with Crippen LogP contribution in [-0.4, -0.2) is 23.3 Å². The van der Waals surface area contributed by atoms with E-state index in [1.54, 1.807) is 12.1 Å². The van der Waals surface area contributed by atoms with E-state index in [1.165, 1.54) is 38.3 Å². The third-order valence-corrected chi connectivity index (χ3v) is 6.72. The Labute approximate surface area is 175 Å². The minimum atomic E-state index is -0.185. The largest absolute Gasteiger partial charge is 0.270 e. The molecule has 0 unspecified atom stereocenters. The van der Waals surface area contributed by atoms with Crippen LogP contribution >= 0.6 is 0 Å². The Kier molecular flexibility index (Phi) is 3.79. The molecule has 0 N–H and O–H groups in total. The first-order valence-corrected chi connectivity index (χ1v) is 10.6. The van der Waals surface area contributed by atoms with Gasteiger partial charge in [0.25, 0.3) is 11.8 Å². The van der Waals surface area contributed by atoms with Gasteiger partial charge in [0.2, 0.25) is 0 Å². The normalized spacial score (nSPS) is 16.5. The molecule has 0 atom stereocenters. The average molecular weight is 391 g/mol. The van der Waals surface area contributed by atoms with Crippen molar-refractivity contribution < 1.29 is 9.59 Å². The van der Waals surface area contributed by atoms with Crippen LogP contribution < -0.4 is 0 Å². The zero-order chi connectivity index (χ0) is 20.2. The van der Waals surface area contributed by atoms with E-state index >= 15 is 0 Å². The highest BCUT2D eigenvalue weighted by Crippen LogP contribution is 2.40. The molecule has 1 heterocycles. The molecule has 2 aliphatic carbocycles. The van der Waals surface area contributed by atoms with Gasteiger partial charge in [0, 0.05) is 0 Å². The standard InChI is InChI=1S/C27H21NO2/c29-26-24-9-3-4-10-25(24)27(30)28(26)16-18-7-5-11-21-20(18)14-15-22-19-8-2-1-6-17(19)12-13-23(21)22/h1-4,6-10,14-15H,5,11-13,16H2. The highest BCUT2D eigenvalue weighted by atomic mass is 16.2. The summed E-state index contributed by atoms with van der Waals surface area (Å²) < 4.78 is 0. The Balaban J connectivity index is 1.38. The predicted molar refractivity (Wildman–Crippen MR) is 117 cm³/mol. The van der Waals surface area contributed by atoms with Crippen molar-refractivity contribution in [1.82, 2.24) is 4.90 Å². The second-order valence-corrected chi connectivity index (χ2v) is 8.29. The highest BCUT2D eigenvalue weighted by molar-refractivity contribution is 6.21. The molecule has 3 aromatic rings. The molecule has 0 spiro atoms. The zero-order valence-corrected chi connectivity index (χ0v) is 16.7. The number of hydrogen-bond acceptors (Lipinski definition) is 2. The number of nitrogens with zero attached hydrogens (tertiary/aromatic N) is 1. The van der Waals surface area contributed by atoms with E-state index in [-0.39, 0.29) is 11.8 Å². The lowest BCUT2D eigenvalue weighted by atomic mass is 9.78. The molecular formula is C27H21NO2. The van der Waals surface area contributed by atoms with Gasteiger partial charge in [-0.15, -0.1) is 0 Å². The van der Waals surface area contributed by atoms with E-state index in [0.29, 0.717) is 17.7 Å². The van der Waals surface area contributed by atoms with Gasteiger partial charge in [-0.25, -0.2) is 0 Å². The second-order valence-electron chi connectivity index (χ2n) is 8.29. The monoisotopic (exact) mass is 391 g/mol. The van der Waals surface area contributed by atoms with Crippen LogP contribution in [0, 0.1) is 0 Å². The molecule has 6 rings (SSSR count). The van der Waals surface area contributed by atoms with E-state index < -0.39 is 0 Å². The van der Waals surface area contributed by atoms with E-state index in [2.05, 4.69) is 42.5 Å². The van der Waals surface area contributed by atoms with Crippen molar-refractivity contribution in [3.63, 3.8) is 0 Å². The third kappa shape index (κ3) is 2.45. The summed E-state index contributed by atoms with van der Waals surface area (Å²) >= 11 is 0. The van der Waals surface area contributed by atoms with Crippen LogP contribution in [0.5, 0.6) is 0 Å². The van der Waals surface area contributed by atoms with Crippen molar-refractivity contribution in [2.45, 2.75) is 25.7 Å². The lowest BCUT2D eigenvalue weighted by molar-refractivity contribution is 0.0674. The molecule has 2 amide bonds. The number of carbonyl (C=O) groups is 2. The maximum absolute atomic E-state index is 12.8. The van der Waals surface area contributed by atoms with Crippen molar-refractivity contribution in [3.05, 3.63) is 100 Å². The summed E-state index contributed by atoms with van der Waals surface area (Å²) in [7, 11) is 0. The van der Waals surface area contributed by atoms with Gasteiger partial charge in [-0.3, -0.25) is 14.5 Å². The Hall–Kier alpha value is -3.46. The van der Waals surface area contributed by atoms with Crippen LogP contribution in [0.4, 0.5) is 0 Å². The van der Waals surface area contributed by atoms with Crippen LogP contribution in [0.25, 0.3) is 16.7 Å². The molecule has 0 aromatic heterocycles. The van der Waals surface area contributed by atoms with E-state index in [4.69, 9.17) is 0 Å². The summed E-state index contributed by atoms with van der Waals surface area (Å²) in [6.45, 7) is 0.342. The molecule has 1 aliphatic heterocycles. The fraction of sp³-hybridized carbons (Fsp3) is 0.185. The summed E-state index contributed by atoms with van der Waals surface area (Å²) in [5.41, 5.74) is 10.3. The first-order valence-electron chi connectivity index (χ1n) is 10.6. The van der Waals surface area contributed by atoms with Crippen LogP contribution in [0.1, 0.15) is 49.4 Å². The summed E-state index contributed by atoms with van der Waals surface area (Å²) in [4.78, 5) is 27.1. The first kappa shape index (κ1) is 17.4. The maximum Gasteiger partial charge on any atom is 0.261 e. The van der Waals surface area contributed by atoms with Crippen LogP contribution in [0.3, 0.4) is 0 Å². The van der Waals surface area contributed by atoms with Crippen LogP contribution in [0.2, 0.25) is 0 Å². The molecular weight excluding hydrogens is 370 g/mol. The number of hydrogen-bond donors (Lipinski definition) is 0. The topological polar surface area (TPSA) is 37.4 Å². The average Bonchev–Trinajstić information content (AvgIpc) is 3.04. The fourth-order valence-electron chi connectivity index (χ4n) is 5.28. The van der Waals surface area contributed by atoms with Crippen LogP contribution in [0.15, 0.2) is 66.7 Å². The smallest absolute Gasteiger partial charge is 0.261 e. The summed E-state index contributed by atoms with van der Waals surface area (Å²) in [6, 6.07) is 20.2. The lowest BCUT2D eigenvalue weighted by Crippen LogP contribution is -2.32. The van der Waals surface area contributed by atoms with Crippen molar-refractivity contribution >= 4 is 17.4 Å². The molecule has 3 heteroatoms. The predicted octanol–water partition coefficient (Wildman–Crippen LogP) is 5.08. The number of benzene rings is 3. The van der Waals surface area contributed by atoms with Crippen LogP contribution in [-0.2, 0) is 19.3 Å². The van der Waals surface area contributed by atoms with Gasteiger partial charge in [-0.1, -0.05) is 54.6 Å². The van der Waals surface area contributed by atoms with E-state index in [9.17, 15) is 9.59 Å². The molecule has 146 valence electrons. The first-order chi connectivity index (χ1) is 14.7. The zero-order valence-electron chi connectivity index (χ0n) is 16.7. The quantitative estimate of drug-likeness (QED) is 0.572. The van der Waals surface area contributed by atoms with Crippen molar-refractivity contribution in [2.75, 3.05) is 6.54 Å². The van der Waals surface area contributed by atoms with E-state index in [1.807, 2.05) is 12.1 Å². The molecule has 0 bridgehead atoms. The van der Waals surface area contributed by atoms with Crippen molar-refractivity contribution in [2.24, 2.45) is 0 Å². The Morgan fingerprint density at radius 1 is 0.633 bits per heavy atom. The minimum Gasteiger partial charge on any atom is -0.270 e. The van der Waals surface area contributed by atoms with Gasteiger partial charge in [0.05, 0.1) is 17.7 Å². The van der Waals surface area contributed by atoms with E-state index in [0.717, 1.165) is 31.3 Å². The molecule has 0 saturated carbocycles. The molecule has 30 heavy (non-hydrogen) atoms. The van der Waals surface area contributed by atoms with Gasteiger partial charge in [-0.05, 0) is 76.8 Å². The van der Waals surface area contributed by atoms with Gasteiger partial charge in [0.1, 0.15) is 0 Å². The molecule has 3 aliphatic rings. The maximum atomic E-state index is 12.8. The second kappa shape index (κ2) is 6.53. The summed E-state index contributed by atoms with van der Waals surface area (Å²) in [6.07, 6.45) is 6.29. The number of amides is 2. The van der Waals surface area contributed by atoms with Gasteiger partial charge in [0.15, 0.2) is 0 Å². The highest BCUT2D eigenvalue weighted by Gasteiger charge is 2.36. The number of fused-ring (bicyclic) bond motifs is 6. The SMILES string of the molecule is O=C1c2ccccc2C(=O)N1CC1=CCCc2c1ccc1c2CCc2ccccc2-1. The Bertz CT molecular complexity index is 1230. The third-order valence-electron chi connectivity index (χ3n) is 6.72. The Morgan fingerprint density at radius 2 is 1.27 bits per heavy atom. The molecule has 3 aromatic carbocycles. The summed E-state index contributed by atoms with van der Waals surface area (Å²) in [5.74, 6) is -0.369. The minimum absolute atomic E-state index is 0.185. The van der Waals surface area contributed by atoms with Gasteiger partial charge < -0.3 is 0 Å². The summed E-state index contributed by atoms with van der Waals surface area (Å²) in [5, 5.41) is 0. The number of rotatable bonds is 2. The molecule has 3 nitrogen and oxygen atoms in total. The number of allylic oxidation sites excluding steroid dienone is 1. The van der Waals surface area contributed by atoms with Crippen molar-refractivity contribution in [1.29, 1.82) is 0 Å².